The van der Waals surface area contributed by atoms with Gasteiger partial charge in [0.15, 0.2) is 11.5 Å². The number of imide groups is 1. The summed E-state index contributed by atoms with van der Waals surface area (Å²) in [5, 5.41) is 3.51. The number of hydrogen-bond acceptors (Lipinski definition) is 4. The molecule has 0 aromatic heterocycles. The Balaban J connectivity index is 1.87. The number of benzene rings is 2. The molecule has 1 N–H and O–H groups in total. The topological polar surface area (TPSA) is 67.9 Å². The third-order valence-electron chi connectivity index (χ3n) is 4.38. The fraction of sp³-hybridized carbons (Fsp3) is 0.273. The number of hydrogen-bond donors (Lipinski definition) is 1. The molecule has 2 aromatic carbocycles. The zero-order valence-electron chi connectivity index (χ0n) is 16.7. The molecule has 0 spiro atoms. The summed E-state index contributed by atoms with van der Waals surface area (Å²) in [6.07, 6.45) is 2.26. The first-order valence-electron chi connectivity index (χ1n) is 9.61. The highest BCUT2D eigenvalue weighted by Gasteiger charge is 2.32. The van der Waals surface area contributed by atoms with Crippen LogP contribution >= 0.6 is 23.2 Å². The van der Waals surface area contributed by atoms with Crippen molar-refractivity contribution in [3.63, 3.8) is 0 Å². The zero-order chi connectivity index (χ0) is 21.7. The van der Waals surface area contributed by atoms with Crippen LogP contribution in [0.25, 0.3) is 6.08 Å². The molecule has 2 aromatic rings. The monoisotopic (exact) mass is 448 g/mol. The van der Waals surface area contributed by atoms with Gasteiger partial charge >= 0.3 is 6.03 Å². The standard InChI is InChI=1S/C22H22Cl2N2O4/c1-3-9-26-21(27)18(25-22(26)28)11-14-10-17(24)20(19(12-14)29-4-2)30-13-15-7-5-6-8-16(15)23/h5-8,10-12H,3-4,9,13H2,1-2H3,(H,25,28)/b18-11+. The van der Waals surface area contributed by atoms with Crippen molar-refractivity contribution in [2.24, 2.45) is 0 Å². The van der Waals surface area contributed by atoms with E-state index in [0.717, 1.165) is 5.56 Å². The summed E-state index contributed by atoms with van der Waals surface area (Å²) in [5.74, 6) is 0.455. The maximum atomic E-state index is 12.4. The van der Waals surface area contributed by atoms with Crippen molar-refractivity contribution in [2.75, 3.05) is 13.2 Å². The van der Waals surface area contributed by atoms with E-state index in [9.17, 15) is 9.59 Å². The largest absolute Gasteiger partial charge is 0.490 e. The summed E-state index contributed by atoms with van der Waals surface area (Å²) in [6.45, 7) is 4.74. The highest BCUT2D eigenvalue weighted by atomic mass is 35.5. The second kappa shape index (κ2) is 9.87. The fourth-order valence-corrected chi connectivity index (χ4v) is 3.47. The number of rotatable bonds is 8. The van der Waals surface area contributed by atoms with Crippen LogP contribution in [0, 0.1) is 0 Å². The van der Waals surface area contributed by atoms with Gasteiger partial charge in [-0.2, -0.15) is 0 Å². The van der Waals surface area contributed by atoms with Crippen LogP contribution < -0.4 is 14.8 Å². The first-order chi connectivity index (χ1) is 14.4. The van der Waals surface area contributed by atoms with Gasteiger partial charge in [0.1, 0.15) is 12.3 Å². The Bertz CT molecular complexity index is 991. The van der Waals surface area contributed by atoms with E-state index >= 15 is 0 Å². The van der Waals surface area contributed by atoms with Crippen LogP contribution in [-0.4, -0.2) is 30.0 Å². The van der Waals surface area contributed by atoms with Crippen LogP contribution in [0.2, 0.25) is 10.0 Å². The molecular weight excluding hydrogens is 427 g/mol. The molecule has 6 nitrogen and oxygen atoms in total. The Hall–Kier alpha value is -2.70. The number of urea groups is 1. The normalized spacial score (nSPS) is 14.9. The number of amides is 3. The Morgan fingerprint density at radius 1 is 1.07 bits per heavy atom. The molecule has 0 unspecified atom stereocenters. The molecule has 0 bridgehead atoms. The van der Waals surface area contributed by atoms with E-state index in [1.807, 2.05) is 32.0 Å². The molecule has 30 heavy (non-hydrogen) atoms. The number of halogens is 2. The minimum atomic E-state index is -0.427. The first-order valence-corrected chi connectivity index (χ1v) is 10.4. The van der Waals surface area contributed by atoms with Crippen LogP contribution in [0.4, 0.5) is 4.79 Å². The van der Waals surface area contributed by atoms with Gasteiger partial charge in [0, 0.05) is 17.1 Å². The molecule has 158 valence electrons. The van der Waals surface area contributed by atoms with E-state index in [-0.39, 0.29) is 18.2 Å². The molecule has 3 rings (SSSR count). The van der Waals surface area contributed by atoms with Crippen molar-refractivity contribution in [2.45, 2.75) is 26.9 Å². The van der Waals surface area contributed by atoms with Crippen molar-refractivity contribution in [1.82, 2.24) is 10.2 Å². The van der Waals surface area contributed by atoms with E-state index in [1.165, 1.54) is 4.90 Å². The quantitative estimate of drug-likeness (QED) is 0.440. The van der Waals surface area contributed by atoms with E-state index in [0.29, 0.717) is 46.7 Å². The SMILES string of the molecule is CCCN1C(=O)N/C(=C/c2cc(Cl)c(OCc3ccccc3Cl)c(OCC)c2)C1=O. The molecule has 1 fully saturated rings. The first kappa shape index (κ1) is 22.0. The lowest BCUT2D eigenvalue weighted by Crippen LogP contribution is -2.31. The second-order valence-electron chi connectivity index (χ2n) is 6.59. The third kappa shape index (κ3) is 4.89. The summed E-state index contributed by atoms with van der Waals surface area (Å²) in [5.41, 5.74) is 1.62. The van der Waals surface area contributed by atoms with Crippen LogP contribution in [0.5, 0.6) is 11.5 Å². The molecule has 0 atom stereocenters. The van der Waals surface area contributed by atoms with Crippen molar-refractivity contribution in [3.8, 4) is 11.5 Å². The minimum Gasteiger partial charge on any atom is -0.490 e. The summed E-state index contributed by atoms with van der Waals surface area (Å²) in [4.78, 5) is 25.6. The minimum absolute atomic E-state index is 0.191. The average Bonchev–Trinajstić information content (AvgIpc) is 2.96. The predicted octanol–water partition coefficient (Wildman–Crippen LogP) is 5.27. The lowest BCUT2D eigenvalue weighted by molar-refractivity contribution is -0.122. The maximum absolute atomic E-state index is 12.4. The predicted molar refractivity (Wildman–Crippen MR) is 117 cm³/mol. The highest BCUT2D eigenvalue weighted by Crippen LogP contribution is 2.38. The van der Waals surface area contributed by atoms with Gasteiger partial charge in [-0.1, -0.05) is 48.3 Å². The van der Waals surface area contributed by atoms with Gasteiger partial charge in [-0.3, -0.25) is 9.69 Å². The Morgan fingerprint density at radius 3 is 2.53 bits per heavy atom. The van der Waals surface area contributed by atoms with Crippen molar-refractivity contribution in [3.05, 3.63) is 63.3 Å². The van der Waals surface area contributed by atoms with E-state index in [1.54, 1.807) is 24.3 Å². The Morgan fingerprint density at radius 2 is 1.83 bits per heavy atom. The van der Waals surface area contributed by atoms with Gasteiger partial charge in [-0.05, 0) is 43.2 Å². The number of carbonyl (C=O) groups is 2. The molecule has 0 aliphatic carbocycles. The van der Waals surface area contributed by atoms with Crippen molar-refractivity contribution >= 4 is 41.2 Å². The molecule has 8 heteroatoms. The van der Waals surface area contributed by atoms with Crippen LogP contribution in [0.15, 0.2) is 42.1 Å². The molecular formula is C22H22Cl2N2O4. The van der Waals surface area contributed by atoms with Gasteiger partial charge < -0.3 is 14.8 Å². The molecule has 1 heterocycles. The number of nitrogens with one attached hydrogen (secondary N) is 1. The second-order valence-corrected chi connectivity index (χ2v) is 7.40. The smallest absolute Gasteiger partial charge is 0.329 e. The number of carbonyl (C=O) groups excluding carboxylic acids is 2. The molecule has 1 saturated heterocycles. The summed E-state index contributed by atoms with van der Waals surface area (Å²) >= 11 is 12.6. The fourth-order valence-electron chi connectivity index (χ4n) is 3.00. The Kier molecular flexibility index (Phi) is 7.24. The lowest BCUT2D eigenvalue weighted by Gasteiger charge is -2.15. The number of ether oxygens (including phenoxy) is 2. The number of nitrogens with zero attached hydrogens (tertiary/aromatic N) is 1. The van der Waals surface area contributed by atoms with Crippen molar-refractivity contribution in [1.29, 1.82) is 0 Å². The van der Waals surface area contributed by atoms with Gasteiger partial charge in [0.2, 0.25) is 0 Å². The highest BCUT2D eigenvalue weighted by molar-refractivity contribution is 6.32. The molecule has 1 aliphatic rings. The van der Waals surface area contributed by atoms with Crippen LogP contribution in [0.1, 0.15) is 31.4 Å². The van der Waals surface area contributed by atoms with E-state index < -0.39 is 6.03 Å². The van der Waals surface area contributed by atoms with E-state index in [4.69, 9.17) is 32.7 Å². The van der Waals surface area contributed by atoms with E-state index in [2.05, 4.69) is 5.32 Å². The van der Waals surface area contributed by atoms with Gasteiger partial charge in [0.25, 0.3) is 5.91 Å². The molecule has 0 saturated carbocycles. The van der Waals surface area contributed by atoms with Gasteiger partial charge in [0.05, 0.1) is 11.6 Å². The summed E-state index contributed by atoms with van der Waals surface area (Å²) in [6, 6.07) is 10.3. The lowest BCUT2D eigenvalue weighted by atomic mass is 10.1. The maximum Gasteiger partial charge on any atom is 0.329 e. The average molecular weight is 449 g/mol. The zero-order valence-corrected chi connectivity index (χ0v) is 18.2. The summed E-state index contributed by atoms with van der Waals surface area (Å²) < 4.78 is 11.6. The van der Waals surface area contributed by atoms with Crippen molar-refractivity contribution < 1.29 is 19.1 Å². The third-order valence-corrected chi connectivity index (χ3v) is 5.03. The molecule has 0 radical (unpaired) electrons. The van der Waals surface area contributed by atoms with Crippen LogP contribution in [0.3, 0.4) is 0 Å². The molecule has 1 aliphatic heterocycles. The molecule has 3 amide bonds. The Labute approximate surface area is 185 Å². The van der Waals surface area contributed by atoms with Gasteiger partial charge in [-0.15, -0.1) is 0 Å². The van der Waals surface area contributed by atoms with Gasteiger partial charge in [-0.25, -0.2) is 4.79 Å². The van der Waals surface area contributed by atoms with Crippen LogP contribution in [-0.2, 0) is 11.4 Å². The summed E-state index contributed by atoms with van der Waals surface area (Å²) in [7, 11) is 0.